The number of benzene rings is 2. The Morgan fingerprint density at radius 3 is 2.57 bits per heavy atom. The van der Waals surface area contributed by atoms with Gasteiger partial charge in [-0.3, -0.25) is 4.79 Å². The Morgan fingerprint density at radius 1 is 1.10 bits per heavy atom. The van der Waals surface area contributed by atoms with Gasteiger partial charge in [-0.2, -0.15) is 0 Å². The zero-order valence-electron chi connectivity index (χ0n) is 17.4. The van der Waals surface area contributed by atoms with E-state index in [1.54, 1.807) is 11.6 Å². The first-order valence-corrected chi connectivity index (χ1v) is 10.4. The van der Waals surface area contributed by atoms with Gasteiger partial charge in [0.2, 0.25) is 0 Å². The number of urea groups is 1. The molecule has 4 rings (SSSR count). The van der Waals surface area contributed by atoms with Gasteiger partial charge in [0.05, 0.1) is 11.0 Å². The minimum Gasteiger partial charge on any atom is -0.352 e. The van der Waals surface area contributed by atoms with Gasteiger partial charge in [-0.1, -0.05) is 37.3 Å². The molecule has 2 N–H and O–H groups in total. The molecule has 0 radical (unpaired) electrons. The number of carbonyl (C=O) groups is 1. The molecule has 30 heavy (non-hydrogen) atoms. The highest BCUT2D eigenvalue weighted by Gasteiger charge is 2.24. The van der Waals surface area contributed by atoms with E-state index in [1.807, 2.05) is 53.4 Å². The number of hydrogen-bond acceptors (Lipinski definition) is 4. The average molecular weight is 406 g/mol. The molecule has 156 valence electrons. The first-order chi connectivity index (χ1) is 14.6. The fourth-order valence-electron chi connectivity index (χ4n) is 4.00. The van der Waals surface area contributed by atoms with E-state index >= 15 is 0 Å². The molecule has 1 aliphatic heterocycles. The summed E-state index contributed by atoms with van der Waals surface area (Å²) >= 11 is 0. The van der Waals surface area contributed by atoms with Gasteiger partial charge in [-0.05, 0) is 43.0 Å². The molecular formula is C23H27N5O2. The standard InChI is InChI=1S/C23H27N5O2/c1-3-16-8-4-5-9-18(16)26-23(30)24-17-12-14-28(15-13-17)21-22(29)27(2)20-11-7-6-10-19(20)25-21/h4-11,17H,3,12-15H2,1-2H3,(H2,24,26,30). The number of rotatable bonds is 4. The van der Waals surface area contributed by atoms with Gasteiger partial charge in [-0.25, -0.2) is 9.78 Å². The number of piperidine rings is 1. The number of aromatic nitrogens is 2. The maximum absolute atomic E-state index is 12.8. The molecule has 0 aliphatic carbocycles. The summed E-state index contributed by atoms with van der Waals surface area (Å²) in [4.78, 5) is 31.9. The van der Waals surface area contributed by atoms with Gasteiger partial charge >= 0.3 is 6.03 Å². The molecule has 7 nitrogen and oxygen atoms in total. The zero-order chi connectivity index (χ0) is 21.1. The molecule has 2 amide bonds. The molecule has 0 unspecified atom stereocenters. The molecule has 3 aromatic rings. The Bertz CT molecular complexity index is 1120. The number of aryl methyl sites for hydroxylation is 2. The molecule has 2 aromatic carbocycles. The fourth-order valence-corrected chi connectivity index (χ4v) is 4.00. The number of nitrogens with one attached hydrogen (secondary N) is 2. The molecule has 0 spiro atoms. The van der Waals surface area contributed by atoms with E-state index in [1.165, 1.54) is 0 Å². The van der Waals surface area contributed by atoms with Crippen molar-refractivity contribution in [2.45, 2.75) is 32.2 Å². The Morgan fingerprint density at radius 2 is 1.80 bits per heavy atom. The van der Waals surface area contributed by atoms with Crippen molar-refractivity contribution in [3.05, 3.63) is 64.4 Å². The zero-order valence-corrected chi connectivity index (χ0v) is 17.4. The number of amides is 2. The van der Waals surface area contributed by atoms with Gasteiger partial charge in [0.15, 0.2) is 5.82 Å². The van der Waals surface area contributed by atoms with Crippen LogP contribution in [0.2, 0.25) is 0 Å². The quantitative estimate of drug-likeness (QED) is 0.698. The number of nitrogens with zero attached hydrogens (tertiary/aromatic N) is 3. The van der Waals surface area contributed by atoms with E-state index in [0.717, 1.165) is 41.5 Å². The SMILES string of the molecule is CCc1ccccc1NC(=O)NC1CCN(c2nc3ccccc3n(C)c2=O)CC1. The van der Waals surface area contributed by atoms with E-state index in [0.29, 0.717) is 18.9 Å². The lowest BCUT2D eigenvalue weighted by Gasteiger charge is -2.33. The van der Waals surface area contributed by atoms with Crippen molar-refractivity contribution >= 4 is 28.6 Å². The molecule has 2 heterocycles. The van der Waals surface area contributed by atoms with Crippen LogP contribution in [0.15, 0.2) is 53.3 Å². The minimum absolute atomic E-state index is 0.0688. The van der Waals surface area contributed by atoms with Gasteiger partial charge in [0.1, 0.15) is 0 Å². The van der Waals surface area contributed by atoms with Crippen LogP contribution in [-0.4, -0.2) is 34.7 Å². The second-order valence-electron chi connectivity index (χ2n) is 7.66. The van der Waals surface area contributed by atoms with Crippen LogP contribution in [0, 0.1) is 0 Å². The number of para-hydroxylation sites is 3. The summed E-state index contributed by atoms with van der Waals surface area (Å²) in [5.74, 6) is 0.482. The summed E-state index contributed by atoms with van der Waals surface area (Å²) in [6.45, 7) is 3.42. The highest BCUT2D eigenvalue weighted by Crippen LogP contribution is 2.19. The largest absolute Gasteiger partial charge is 0.352 e. The topological polar surface area (TPSA) is 79.3 Å². The van der Waals surface area contributed by atoms with Gasteiger partial charge in [0.25, 0.3) is 5.56 Å². The van der Waals surface area contributed by atoms with E-state index in [9.17, 15) is 9.59 Å². The number of anilines is 2. The molecule has 0 atom stereocenters. The first-order valence-electron chi connectivity index (χ1n) is 10.4. The maximum Gasteiger partial charge on any atom is 0.319 e. The van der Waals surface area contributed by atoms with Crippen LogP contribution >= 0.6 is 0 Å². The van der Waals surface area contributed by atoms with Crippen LogP contribution in [0.3, 0.4) is 0 Å². The van der Waals surface area contributed by atoms with Crippen LogP contribution in [0.4, 0.5) is 16.3 Å². The van der Waals surface area contributed by atoms with Crippen molar-refractivity contribution in [2.75, 3.05) is 23.3 Å². The Hall–Kier alpha value is -3.35. The minimum atomic E-state index is -0.186. The molecule has 1 fully saturated rings. The summed E-state index contributed by atoms with van der Waals surface area (Å²) in [6.07, 6.45) is 2.39. The Kier molecular flexibility index (Phi) is 5.70. The van der Waals surface area contributed by atoms with Gasteiger partial charge in [0, 0.05) is 31.9 Å². The third-order valence-corrected chi connectivity index (χ3v) is 5.74. The third-order valence-electron chi connectivity index (χ3n) is 5.74. The molecule has 7 heteroatoms. The summed E-state index contributed by atoms with van der Waals surface area (Å²) in [6, 6.07) is 15.4. The monoisotopic (exact) mass is 405 g/mol. The van der Waals surface area contributed by atoms with Crippen molar-refractivity contribution in [3.8, 4) is 0 Å². The highest BCUT2D eigenvalue weighted by atomic mass is 16.2. The third kappa shape index (κ3) is 4.01. The van der Waals surface area contributed by atoms with E-state index in [4.69, 9.17) is 0 Å². The molecule has 1 saturated heterocycles. The Balaban J connectivity index is 1.40. The molecule has 0 saturated carbocycles. The van der Waals surface area contributed by atoms with Gasteiger partial charge < -0.3 is 20.1 Å². The van der Waals surface area contributed by atoms with Crippen molar-refractivity contribution in [1.29, 1.82) is 0 Å². The number of carbonyl (C=O) groups excluding carboxylic acids is 1. The van der Waals surface area contributed by atoms with E-state index in [2.05, 4.69) is 22.5 Å². The van der Waals surface area contributed by atoms with Crippen LogP contribution in [0.5, 0.6) is 0 Å². The van der Waals surface area contributed by atoms with Crippen LogP contribution in [0.25, 0.3) is 11.0 Å². The molecular weight excluding hydrogens is 378 g/mol. The van der Waals surface area contributed by atoms with Crippen molar-refractivity contribution in [1.82, 2.24) is 14.9 Å². The maximum atomic E-state index is 12.8. The second kappa shape index (κ2) is 8.57. The molecule has 1 aliphatic rings. The van der Waals surface area contributed by atoms with Crippen molar-refractivity contribution in [2.24, 2.45) is 7.05 Å². The fraction of sp³-hybridized carbons (Fsp3) is 0.348. The first kappa shape index (κ1) is 19.9. The summed E-state index contributed by atoms with van der Waals surface area (Å²) < 4.78 is 1.65. The van der Waals surface area contributed by atoms with E-state index < -0.39 is 0 Å². The van der Waals surface area contributed by atoms with Crippen LogP contribution < -0.4 is 21.1 Å². The van der Waals surface area contributed by atoms with E-state index in [-0.39, 0.29) is 17.6 Å². The lowest BCUT2D eigenvalue weighted by Crippen LogP contribution is -2.47. The van der Waals surface area contributed by atoms with Crippen LogP contribution in [-0.2, 0) is 13.5 Å². The van der Waals surface area contributed by atoms with Crippen LogP contribution in [0.1, 0.15) is 25.3 Å². The van der Waals surface area contributed by atoms with Crippen molar-refractivity contribution in [3.63, 3.8) is 0 Å². The lowest BCUT2D eigenvalue weighted by molar-refractivity contribution is 0.246. The Labute approximate surface area is 175 Å². The average Bonchev–Trinajstić information content (AvgIpc) is 2.77. The smallest absolute Gasteiger partial charge is 0.319 e. The van der Waals surface area contributed by atoms with Gasteiger partial charge in [-0.15, -0.1) is 0 Å². The summed E-state index contributed by atoms with van der Waals surface area (Å²) in [5, 5.41) is 6.02. The lowest BCUT2D eigenvalue weighted by atomic mass is 10.1. The second-order valence-corrected chi connectivity index (χ2v) is 7.66. The van der Waals surface area contributed by atoms with Crippen molar-refractivity contribution < 1.29 is 4.79 Å². The highest BCUT2D eigenvalue weighted by molar-refractivity contribution is 5.90. The number of hydrogen-bond donors (Lipinski definition) is 2. The summed E-state index contributed by atoms with van der Waals surface area (Å²) in [5.41, 5.74) is 3.50. The normalized spacial score (nSPS) is 14.7. The molecule has 1 aromatic heterocycles. The molecule has 0 bridgehead atoms. The number of fused-ring (bicyclic) bond motifs is 1. The predicted molar refractivity (Wildman–Crippen MR) is 120 cm³/mol. The predicted octanol–water partition coefficient (Wildman–Crippen LogP) is 3.29. The summed E-state index contributed by atoms with van der Waals surface area (Å²) in [7, 11) is 1.78.